The number of aromatic nitrogens is 2. The number of alkyl halides is 1. The molecule has 0 fully saturated rings. The maximum atomic E-state index is 6.13. The first-order valence-electron chi connectivity index (χ1n) is 6.35. The molecule has 19 heavy (non-hydrogen) atoms. The molecule has 0 saturated carbocycles. The Kier molecular flexibility index (Phi) is 3.26. The Bertz CT molecular complexity index is 701. The van der Waals surface area contributed by atoms with Gasteiger partial charge in [-0.15, -0.1) is 11.6 Å². The Hall–Kier alpha value is -1.80. The topological polar surface area (TPSA) is 17.3 Å². The largest absolute Gasteiger partial charge is 0.300 e. The summed E-state index contributed by atoms with van der Waals surface area (Å²) in [5, 5.41) is 0. The van der Waals surface area contributed by atoms with E-state index in [1.165, 1.54) is 11.3 Å². The number of imidazole rings is 1. The third kappa shape index (κ3) is 2.24. The number of pyridine rings is 1. The van der Waals surface area contributed by atoms with E-state index in [1.54, 1.807) is 0 Å². The number of nitrogens with zero attached hydrogens (tertiary/aromatic N) is 2. The van der Waals surface area contributed by atoms with Crippen LogP contribution in [0.5, 0.6) is 0 Å². The van der Waals surface area contributed by atoms with Gasteiger partial charge in [0.2, 0.25) is 0 Å². The normalized spacial score (nSPS) is 11.1. The maximum absolute atomic E-state index is 6.13. The minimum atomic E-state index is 0.480. The van der Waals surface area contributed by atoms with Crippen LogP contribution in [0.15, 0.2) is 48.5 Å². The minimum Gasteiger partial charge on any atom is -0.300 e. The molecule has 0 aliphatic carbocycles. The molecule has 0 spiro atoms. The first kappa shape index (κ1) is 12.2. The lowest BCUT2D eigenvalue weighted by Crippen LogP contribution is -1.98. The van der Waals surface area contributed by atoms with Crippen LogP contribution in [-0.2, 0) is 12.3 Å². The molecule has 0 aliphatic rings. The van der Waals surface area contributed by atoms with Crippen molar-refractivity contribution in [1.82, 2.24) is 9.38 Å². The third-order valence-corrected chi connectivity index (χ3v) is 3.61. The zero-order chi connectivity index (χ0) is 13.2. The van der Waals surface area contributed by atoms with E-state index in [4.69, 9.17) is 16.6 Å². The van der Waals surface area contributed by atoms with E-state index in [2.05, 4.69) is 41.7 Å². The molecule has 1 aromatic carbocycles. The van der Waals surface area contributed by atoms with Crippen LogP contribution in [0, 0.1) is 6.92 Å². The first-order chi connectivity index (χ1) is 9.29. The van der Waals surface area contributed by atoms with Gasteiger partial charge in [0, 0.05) is 12.1 Å². The summed E-state index contributed by atoms with van der Waals surface area (Å²) in [6, 6.07) is 16.5. The van der Waals surface area contributed by atoms with Crippen LogP contribution in [-0.4, -0.2) is 9.38 Å². The van der Waals surface area contributed by atoms with Crippen LogP contribution < -0.4 is 0 Å². The molecule has 2 heterocycles. The lowest BCUT2D eigenvalue weighted by Gasteiger charge is -2.04. The Balaban J connectivity index is 2.11. The van der Waals surface area contributed by atoms with Gasteiger partial charge in [-0.25, -0.2) is 4.98 Å². The molecule has 0 aliphatic heterocycles. The number of rotatable bonds is 3. The fourth-order valence-corrected chi connectivity index (χ4v) is 2.71. The van der Waals surface area contributed by atoms with Crippen molar-refractivity contribution in [3.63, 3.8) is 0 Å². The average Bonchev–Trinajstić information content (AvgIpc) is 2.78. The van der Waals surface area contributed by atoms with E-state index in [0.717, 1.165) is 23.5 Å². The number of aryl methyl sites for hydroxylation is 1. The molecule has 3 rings (SSSR count). The van der Waals surface area contributed by atoms with Crippen LogP contribution in [0.3, 0.4) is 0 Å². The summed E-state index contributed by atoms with van der Waals surface area (Å²) in [6.07, 6.45) is 0.823. The second kappa shape index (κ2) is 5.06. The van der Waals surface area contributed by atoms with E-state index in [0.29, 0.717) is 5.88 Å². The second-order valence-electron chi connectivity index (χ2n) is 4.66. The molecular formula is C16H15ClN2. The molecule has 0 amide bonds. The van der Waals surface area contributed by atoms with E-state index in [9.17, 15) is 0 Å². The summed E-state index contributed by atoms with van der Waals surface area (Å²) in [6.45, 7) is 2.08. The molecule has 0 radical (unpaired) electrons. The minimum absolute atomic E-state index is 0.480. The van der Waals surface area contributed by atoms with Crippen molar-refractivity contribution < 1.29 is 0 Å². The average molecular weight is 271 g/mol. The summed E-state index contributed by atoms with van der Waals surface area (Å²) < 4.78 is 2.14. The van der Waals surface area contributed by atoms with Crippen LogP contribution >= 0.6 is 11.6 Å². The number of benzene rings is 1. The molecule has 0 atom stereocenters. The Labute approximate surface area is 117 Å². The predicted molar refractivity (Wildman–Crippen MR) is 78.7 cm³/mol. The van der Waals surface area contributed by atoms with Gasteiger partial charge in [-0.3, -0.25) is 4.40 Å². The molecule has 0 saturated heterocycles. The summed E-state index contributed by atoms with van der Waals surface area (Å²) >= 11 is 6.13. The molecule has 0 bridgehead atoms. The van der Waals surface area contributed by atoms with Crippen molar-refractivity contribution in [3.8, 4) is 0 Å². The molecular weight excluding hydrogens is 256 g/mol. The van der Waals surface area contributed by atoms with Crippen molar-refractivity contribution in [2.75, 3.05) is 0 Å². The quantitative estimate of drug-likeness (QED) is 0.658. The summed E-state index contributed by atoms with van der Waals surface area (Å²) in [4.78, 5) is 4.72. The number of hydrogen-bond acceptors (Lipinski definition) is 1. The van der Waals surface area contributed by atoms with Crippen LogP contribution in [0.2, 0.25) is 0 Å². The Morgan fingerprint density at radius 1 is 1.05 bits per heavy atom. The Morgan fingerprint density at radius 2 is 1.84 bits per heavy atom. The Morgan fingerprint density at radius 3 is 2.58 bits per heavy atom. The summed E-state index contributed by atoms with van der Waals surface area (Å²) in [5.41, 5.74) is 5.56. The van der Waals surface area contributed by atoms with Crippen molar-refractivity contribution in [1.29, 1.82) is 0 Å². The summed E-state index contributed by atoms with van der Waals surface area (Å²) in [5.74, 6) is 0.480. The maximum Gasteiger partial charge on any atom is 0.137 e. The predicted octanol–water partition coefficient (Wildman–Crippen LogP) is 3.97. The smallest absolute Gasteiger partial charge is 0.137 e. The van der Waals surface area contributed by atoms with E-state index < -0.39 is 0 Å². The highest BCUT2D eigenvalue weighted by Crippen LogP contribution is 2.20. The first-order valence-corrected chi connectivity index (χ1v) is 6.89. The molecule has 96 valence electrons. The molecule has 2 nitrogen and oxygen atoms in total. The number of fused-ring (bicyclic) bond motifs is 1. The van der Waals surface area contributed by atoms with Gasteiger partial charge in [-0.2, -0.15) is 0 Å². The van der Waals surface area contributed by atoms with Gasteiger partial charge in [0.15, 0.2) is 0 Å². The van der Waals surface area contributed by atoms with Crippen molar-refractivity contribution in [3.05, 3.63) is 71.2 Å². The SMILES string of the molecule is Cc1cccc2nc(Cc3ccccc3)c(CCl)n12. The van der Waals surface area contributed by atoms with Gasteiger partial charge in [0.1, 0.15) is 5.65 Å². The van der Waals surface area contributed by atoms with E-state index >= 15 is 0 Å². The third-order valence-electron chi connectivity index (χ3n) is 3.36. The molecule has 3 heteroatoms. The summed E-state index contributed by atoms with van der Waals surface area (Å²) in [7, 11) is 0. The van der Waals surface area contributed by atoms with Crippen LogP contribution in [0.1, 0.15) is 22.6 Å². The highest BCUT2D eigenvalue weighted by atomic mass is 35.5. The lowest BCUT2D eigenvalue weighted by molar-refractivity contribution is 0.996. The van der Waals surface area contributed by atoms with Gasteiger partial charge in [-0.05, 0) is 24.6 Å². The van der Waals surface area contributed by atoms with E-state index in [1.807, 2.05) is 18.2 Å². The van der Waals surface area contributed by atoms with Crippen molar-refractivity contribution in [2.24, 2.45) is 0 Å². The zero-order valence-corrected chi connectivity index (χ0v) is 11.6. The fraction of sp³-hybridized carbons (Fsp3) is 0.188. The highest BCUT2D eigenvalue weighted by molar-refractivity contribution is 6.17. The second-order valence-corrected chi connectivity index (χ2v) is 4.93. The van der Waals surface area contributed by atoms with Crippen LogP contribution in [0.4, 0.5) is 0 Å². The molecule has 3 aromatic rings. The molecule has 0 unspecified atom stereocenters. The van der Waals surface area contributed by atoms with Gasteiger partial charge in [0.25, 0.3) is 0 Å². The monoisotopic (exact) mass is 270 g/mol. The standard InChI is InChI=1S/C16H15ClN2/c1-12-6-5-9-16-18-14(15(11-17)19(12)16)10-13-7-3-2-4-8-13/h2-9H,10-11H2,1H3. The van der Waals surface area contributed by atoms with E-state index in [-0.39, 0.29) is 0 Å². The number of halogens is 1. The van der Waals surface area contributed by atoms with Gasteiger partial charge in [0.05, 0.1) is 17.3 Å². The van der Waals surface area contributed by atoms with Gasteiger partial charge < -0.3 is 0 Å². The van der Waals surface area contributed by atoms with Crippen LogP contribution in [0.25, 0.3) is 5.65 Å². The van der Waals surface area contributed by atoms with Crippen molar-refractivity contribution >= 4 is 17.2 Å². The zero-order valence-electron chi connectivity index (χ0n) is 10.8. The molecule has 0 N–H and O–H groups in total. The highest BCUT2D eigenvalue weighted by Gasteiger charge is 2.12. The van der Waals surface area contributed by atoms with Crippen molar-refractivity contribution in [2.45, 2.75) is 19.2 Å². The van der Waals surface area contributed by atoms with Gasteiger partial charge >= 0.3 is 0 Å². The van der Waals surface area contributed by atoms with Gasteiger partial charge in [-0.1, -0.05) is 36.4 Å². The fourth-order valence-electron chi connectivity index (χ4n) is 2.44. The number of hydrogen-bond donors (Lipinski definition) is 0. The molecule has 2 aromatic heterocycles. The lowest BCUT2D eigenvalue weighted by atomic mass is 10.1.